The minimum atomic E-state index is -0.307. The van der Waals surface area contributed by atoms with E-state index in [1.165, 1.54) is 6.08 Å². The van der Waals surface area contributed by atoms with Crippen LogP contribution in [-0.4, -0.2) is 26.2 Å². The predicted octanol–water partition coefficient (Wildman–Crippen LogP) is 2.47. The highest BCUT2D eigenvalue weighted by atomic mass is 16.5. The average molecular weight is 263 g/mol. The Kier molecular flexibility index (Phi) is 6.68. The zero-order chi connectivity index (χ0) is 14.1. The van der Waals surface area contributed by atoms with Gasteiger partial charge in [0.2, 0.25) is 0 Å². The zero-order valence-electron chi connectivity index (χ0n) is 11.7. The van der Waals surface area contributed by atoms with Gasteiger partial charge in [-0.1, -0.05) is 18.2 Å². The van der Waals surface area contributed by atoms with Crippen LogP contribution in [0.2, 0.25) is 0 Å². The maximum atomic E-state index is 11.1. The number of rotatable bonds is 7. The Bertz CT molecular complexity index is 429. The fourth-order valence-corrected chi connectivity index (χ4v) is 1.62. The molecule has 1 aromatic rings. The van der Waals surface area contributed by atoms with Crippen LogP contribution < -0.4 is 10.1 Å². The molecule has 0 fully saturated rings. The maximum Gasteiger partial charge on any atom is 0.330 e. The van der Waals surface area contributed by atoms with Gasteiger partial charge in [-0.3, -0.25) is 0 Å². The Morgan fingerprint density at radius 3 is 2.95 bits per heavy atom. The van der Waals surface area contributed by atoms with E-state index in [4.69, 9.17) is 9.47 Å². The molecule has 0 heterocycles. The maximum absolute atomic E-state index is 11.1. The van der Waals surface area contributed by atoms with Gasteiger partial charge < -0.3 is 14.8 Å². The van der Waals surface area contributed by atoms with Crippen LogP contribution in [0.4, 0.5) is 0 Å². The predicted molar refractivity (Wildman–Crippen MR) is 75.2 cm³/mol. The van der Waals surface area contributed by atoms with Gasteiger partial charge in [0.05, 0.1) is 13.7 Å². The molecule has 0 aliphatic rings. The summed E-state index contributed by atoms with van der Waals surface area (Å²) in [5, 5.41) is 3.30. The molecule has 0 saturated heterocycles. The van der Waals surface area contributed by atoms with Crippen molar-refractivity contribution in [3.05, 3.63) is 42.0 Å². The van der Waals surface area contributed by atoms with E-state index in [0.29, 0.717) is 13.2 Å². The first-order valence-electron chi connectivity index (χ1n) is 6.38. The van der Waals surface area contributed by atoms with Crippen LogP contribution >= 0.6 is 0 Å². The van der Waals surface area contributed by atoms with E-state index in [-0.39, 0.29) is 12.0 Å². The van der Waals surface area contributed by atoms with Gasteiger partial charge in [-0.15, -0.1) is 0 Å². The van der Waals surface area contributed by atoms with Crippen LogP contribution in [0.1, 0.15) is 25.5 Å². The highest BCUT2D eigenvalue weighted by Crippen LogP contribution is 2.18. The van der Waals surface area contributed by atoms with Crippen LogP contribution in [0, 0.1) is 0 Å². The number of benzene rings is 1. The summed E-state index contributed by atoms with van der Waals surface area (Å²) in [5.41, 5.74) is 1.14. The first kappa shape index (κ1) is 15.2. The molecule has 0 unspecified atom stereocenters. The highest BCUT2D eigenvalue weighted by Gasteiger charge is 2.04. The normalized spacial score (nSPS) is 12.4. The van der Waals surface area contributed by atoms with Crippen molar-refractivity contribution in [2.45, 2.75) is 19.9 Å². The van der Waals surface area contributed by atoms with E-state index in [0.717, 1.165) is 11.3 Å². The van der Waals surface area contributed by atoms with Crippen LogP contribution in [0.15, 0.2) is 36.4 Å². The van der Waals surface area contributed by atoms with Gasteiger partial charge in [0.15, 0.2) is 0 Å². The summed E-state index contributed by atoms with van der Waals surface area (Å²) in [7, 11) is 1.65. The fraction of sp³-hybridized carbons (Fsp3) is 0.400. The molecule has 1 atom stereocenters. The third kappa shape index (κ3) is 5.57. The number of esters is 1. The Labute approximate surface area is 114 Å². The molecule has 1 N–H and O–H groups in total. The van der Waals surface area contributed by atoms with Gasteiger partial charge in [-0.05, 0) is 31.5 Å². The molecule has 1 aromatic carbocycles. The molecule has 0 spiro atoms. The Balaban J connectivity index is 2.42. The van der Waals surface area contributed by atoms with Crippen molar-refractivity contribution in [3.8, 4) is 5.75 Å². The molecule has 0 amide bonds. The molecule has 4 nitrogen and oxygen atoms in total. The summed E-state index contributed by atoms with van der Waals surface area (Å²) < 4.78 is 9.98. The topological polar surface area (TPSA) is 47.6 Å². The van der Waals surface area contributed by atoms with Crippen molar-refractivity contribution in [2.24, 2.45) is 0 Å². The Morgan fingerprint density at radius 1 is 1.47 bits per heavy atom. The van der Waals surface area contributed by atoms with Gasteiger partial charge >= 0.3 is 5.97 Å². The third-order valence-corrected chi connectivity index (χ3v) is 2.68. The molecular formula is C15H21NO3. The second kappa shape index (κ2) is 8.32. The molecule has 0 bridgehead atoms. The van der Waals surface area contributed by atoms with Crippen LogP contribution in [0.3, 0.4) is 0 Å². The zero-order valence-corrected chi connectivity index (χ0v) is 11.7. The number of carbonyl (C=O) groups excluding carboxylic acids is 1. The van der Waals surface area contributed by atoms with E-state index in [2.05, 4.69) is 12.2 Å². The molecule has 0 aliphatic heterocycles. The molecule has 0 aromatic heterocycles. The van der Waals surface area contributed by atoms with Gasteiger partial charge in [-0.2, -0.15) is 0 Å². The van der Waals surface area contributed by atoms with Crippen molar-refractivity contribution in [3.63, 3.8) is 0 Å². The number of nitrogens with one attached hydrogen (secondary N) is 1. The quantitative estimate of drug-likeness (QED) is 0.606. The number of hydrogen-bond donors (Lipinski definition) is 1. The van der Waals surface area contributed by atoms with Gasteiger partial charge in [-0.25, -0.2) is 4.79 Å². The SMILES string of the molecule is CCOC(=O)/C=C/CN[C@H](C)c1cccc(OC)c1. The van der Waals surface area contributed by atoms with Crippen molar-refractivity contribution in [2.75, 3.05) is 20.3 Å². The molecule has 19 heavy (non-hydrogen) atoms. The van der Waals surface area contributed by atoms with Gasteiger partial charge in [0.1, 0.15) is 5.75 Å². The van der Waals surface area contributed by atoms with E-state index >= 15 is 0 Å². The van der Waals surface area contributed by atoms with Crippen molar-refractivity contribution in [1.29, 1.82) is 0 Å². The number of carbonyl (C=O) groups is 1. The van der Waals surface area contributed by atoms with Crippen LogP contribution in [-0.2, 0) is 9.53 Å². The summed E-state index contributed by atoms with van der Waals surface area (Å²) in [6.45, 7) is 4.86. The third-order valence-electron chi connectivity index (χ3n) is 2.68. The standard InChI is InChI=1S/C15H21NO3/c1-4-19-15(17)9-6-10-16-12(2)13-7-5-8-14(11-13)18-3/h5-9,11-12,16H,4,10H2,1-3H3/b9-6+/t12-/m1/s1. The Hall–Kier alpha value is -1.81. The first-order valence-corrected chi connectivity index (χ1v) is 6.38. The van der Waals surface area contributed by atoms with E-state index < -0.39 is 0 Å². The smallest absolute Gasteiger partial charge is 0.330 e. The second-order valence-corrected chi connectivity index (χ2v) is 4.06. The molecule has 1 rings (SSSR count). The fourth-order valence-electron chi connectivity index (χ4n) is 1.62. The number of hydrogen-bond acceptors (Lipinski definition) is 4. The minimum Gasteiger partial charge on any atom is -0.497 e. The molecule has 104 valence electrons. The summed E-state index contributed by atoms with van der Waals surface area (Å²) in [5.74, 6) is 0.534. The van der Waals surface area contributed by atoms with Crippen molar-refractivity contribution < 1.29 is 14.3 Å². The lowest BCUT2D eigenvalue weighted by molar-refractivity contribution is -0.137. The molecular weight excluding hydrogens is 242 g/mol. The highest BCUT2D eigenvalue weighted by molar-refractivity contribution is 5.81. The lowest BCUT2D eigenvalue weighted by atomic mass is 10.1. The summed E-state index contributed by atoms with van der Waals surface area (Å²) >= 11 is 0. The summed E-state index contributed by atoms with van der Waals surface area (Å²) in [4.78, 5) is 11.1. The van der Waals surface area contributed by atoms with Crippen LogP contribution in [0.5, 0.6) is 5.75 Å². The van der Waals surface area contributed by atoms with Crippen molar-refractivity contribution in [1.82, 2.24) is 5.32 Å². The van der Waals surface area contributed by atoms with Gasteiger partial charge in [0, 0.05) is 18.7 Å². The molecule has 4 heteroatoms. The number of ether oxygens (including phenoxy) is 2. The van der Waals surface area contributed by atoms with E-state index in [1.807, 2.05) is 24.3 Å². The van der Waals surface area contributed by atoms with E-state index in [1.54, 1.807) is 20.1 Å². The minimum absolute atomic E-state index is 0.182. The van der Waals surface area contributed by atoms with Gasteiger partial charge in [0.25, 0.3) is 0 Å². The van der Waals surface area contributed by atoms with E-state index in [9.17, 15) is 4.79 Å². The molecule has 0 saturated carbocycles. The average Bonchev–Trinajstić information content (AvgIpc) is 2.43. The monoisotopic (exact) mass is 263 g/mol. The van der Waals surface area contributed by atoms with Crippen molar-refractivity contribution >= 4 is 5.97 Å². The Morgan fingerprint density at radius 2 is 2.26 bits per heavy atom. The molecule has 0 aliphatic carbocycles. The lowest BCUT2D eigenvalue weighted by Gasteiger charge is -2.13. The second-order valence-electron chi connectivity index (χ2n) is 4.06. The first-order chi connectivity index (χ1) is 9.17. The van der Waals surface area contributed by atoms with Crippen LogP contribution in [0.25, 0.3) is 0 Å². The summed E-state index contributed by atoms with van der Waals surface area (Å²) in [6, 6.07) is 8.08. The largest absolute Gasteiger partial charge is 0.497 e. The number of methoxy groups -OCH3 is 1. The summed E-state index contributed by atoms with van der Waals surface area (Å²) in [6.07, 6.45) is 3.20. The molecule has 0 radical (unpaired) electrons. The lowest BCUT2D eigenvalue weighted by Crippen LogP contribution is -2.18.